The van der Waals surface area contributed by atoms with Crippen LogP contribution in [-0.4, -0.2) is 46.6 Å². The van der Waals surface area contributed by atoms with Gasteiger partial charge in [0.1, 0.15) is 0 Å². The first-order chi connectivity index (χ1) is 26.6. The summed E-state index contributed by atoms with van der Waals surface area (Å²) in [7, 11) is 0. The van der Waals surface area contributed by atoms with Crippen molar-refractivity contribution < 1.29 is 19.4 Å². The lowest BCUT2D eigenvalue weighted by molar-refractivity contribution is -0.253. The molecule has 54 heavy (non-hydrogen) atoms. The number of aliphatic hydroxyl groups excluding tert-OH is 1. The highest BCUT2D eigenvalue weighted by atomic mass is 16.7. The zero-order chi connectivity index (χ0) is 37.8. The monoisotopic (exact) mass is 733 g/mol. The molecule has 0 unspecified atom stereocenters. The summed E-state index contributed by atoms with van der Waals surface area (Å²) < 4.78 is 13.7. The van der Waals surface area contributed by atoms with Gasteiger partial charge in [-0.05, 0) is 78.0 Å². The van der Waals surface area contributed by atoms with E-state index in [0.717, 1.165) is 59.4 Å². The Morgan fingerprint density at radius 2 is 1.41 bits per heavy atom. The number of rotatable bonds is 23. The molecule has 4 aromatic rings. The summed E-state index contributed by atoms with van der Waals surface area (Å²) in [6, 6.07) is 28.5. The molecule has 1 aromatic heterocycles. The molecular formula is C47H63N3O4. The van der Waals surface area contributed by atoms with Crippen molar-refractivity contribution >= 4 is 5.91 Å². The summed E-state index contributed by atoms with van der Waals surface area (Å²) in [5.74, 6) is -0.144. The van der Waals surface area contributed by atoms with Crippen molar-refractivity contribution in [3.8, 4) is 11.1 Å². The van der Waals surface area contributed by atoms with Crippen LogP contribution in [0.25, 0.3) is 11.1 Å². The molecule has 2 heterocycles. The lowest BCUT2D eigenvalue weighted by atomic mass is 9.98. The number of carbonyl (C=O) groups is 1. The summed E-state index contributed by atoms with van der Waals surface area (Å²) in [5.41, 5.74) is 6.69. The molecule has 3 atom stereocenters. The zero-order valence-corrected chi connectivity index (χ0v) is 32.8. The van der Waals surface area contributed by atoms with Crippen LogP contribution in [0.15, 0.2) is 97.3 Å². The van der Waals surface area contributed by atoms with Crippen LogP contribution in [0, 0.1) is 0 Å². The molecule has 7 heteroatoms. The van der Waals surface area contributed by atoms with Crippen LogP contribution in [0.2, 0.25) is 0 Å². The lowest BCUT2D eigenvalue weighted by Crippen LogP contribution is -2.40. The third-order valence-electron chi connectivity index (χ3n) is 10.5. The van der Waals surface area contributed by atoms with Crippen LogP contribution in [0.4, 0.5) is 0 Å². The molecule has 2 N–H and O–H groups in total. The number of unbranched alkanes of at least 4 members (excludes halogenated alkanes) is 10. The smallest absolute Gasteiger partial charge is 0.253 e. The van der Waals surface area contributed by atoms with E-state index in [-0.39, 0.29) is 24.7 Å². The number of pyridine rings is 1. The second-order valence-electron chi connectivity index (χ2n) is 14.9. The Kier molecular flexibility index (Phi) is 17.7. The Balaban J connectivity index is 1.30. The van der Waals surface area contributed by atoms with Crippen molar-refractivity contribution in [3.05, 3.63) is 125 Å². The quantitative estimate of drug-likeness (QED) is 0.0739. The number of aromatic nitrogens is 1. The van der Waals surface area contributed by atoms with Gasteiger partial charge in [0.05, 0.1) is 24.4 Å². The van der Waals surface area contributed by atoms with E-state index < -0.39 is 6.29 Å². The molecular weight excluding hydrogens is 671 g/mol. The van der Waals surface area contributed by atoms with E-state index in [1.54, 1.807) is 24.5 Å². The second-order valence-corrected chi connectivity index (χ2v) is 14.9. The van der Waals surface area contributed by atoms with Crippen molar-refractivity contribution in [2.45, 2.75) is 129 Å². The molecule has 290 valence electrons. The summed E-state index contributed by atoms with van der Waals surface area (Å²) in [5, 5.41) is 12.7. The number of aliphatic hydroxyl groups is 1. The predicted molar refractivity (Wildman–Crippen MR) is 219 cm³/mol. The van der Waals surface area contributed by atoms with Crippen LogP contribution in [0.5, 0.6) is 0 Å². The molecule has 5 rings (SSSR count). The SMILES string of the molecule is CCCCCCCCN(CCCCCCCC)C[C@@H]1C[C@H](c2ccc(CO)cc2)O[C@H](c2cccc(-c3cccc(CNC(=O)c4cccnc4)c3)c2)O1. The van der Waals surface area contributed by atoms with Gasteiger partial charge in [-0.3, -0.25) is 9.78 Å². The Bertz CT molecular complexity index is 1630. The van der Waals surface area contributed by atoms with E-state index in [1.165, 1.54) is 77.0 Å². The minimum absolute atomic E-state index is 0.0156. The summed E-state index contributed by atoms with van der Waals surface area (Å²) >= 11 is 0. The van der Waals surface area contributed by atoms with Gasteiger partial charge in [0.2, 0.25) is 0 Å². The standard InChI is InChI=1S/C47H63N3O4/c1-3-5-7-9-11-13-28-50(29-14-12-10-8-6-4-2)35-44-32-45(39-25-23-37(36-51)24-26-39)54-47(53-44)42-21-16-20-41(31-42)40-19-15-18-38(30-40)33-49-46(52)43-22-17-27-48-34-43/h15-27,30-31,34,44-45,47,51H,3-14,28-29,32-33,35-36H2,1-2H3,(H,49,52)/t44-,45+,47+/m0/s1. The third kappa shape index (κ3) is 13.5. The number of amides is 1. The maximum atomic E-state index is 12.7. The van der Waals surface area contributed by atoms with Crippen LogP contribution >= 0.6 is 0 Å². The van der Waals surface area contributed by atoms with Gasteiger partial charge >= 0.3 is 0 Å². The molecule has 0 spiro atoms. The highest BCUT2D eigenvalue weighted by Gasteiger charge is 2.33. The number of hydrogen-bond acceptors (Lipinski definition) is 6. The fourth-order valence-electron chi connectivity index (χ4n) is 7.35. The molecule has 3 aromatic carbocycles. The lowest BCUT2D eigenvalue weighted by Gasteiger charge is -2.38. The third-order valence-corrected chi connectivity index (χ3v) is 10.5. The van der Waals surface area contributed by atoms with Gasteiger partial charge in [-0.15, -0.1) is 0 Å². The highest BCUT2D eigenvalue weighted by Crippen LogP contribution is 2.39. The van der Waals surface area contributed by atoms with Gasteiger partial charge < -0.3 is 24.8 Å². The van der Waals surface area contributed by atoms with Crippen molar-refractivity contribution in [1.82, 2.24) is 15.2 Å². The number of ether oxygens (including phenoxy) is 2. The Morgan fingerprint density at radius 1 is 0.741 bits per heavy atom. The topological polar surface area (TPSA) is 83.9 Å². The van der Waals surface area contributed by atoms with Crippen molar-refractivity contribution in [2.75, 3.05) is 19.6 Å². The number of benzene rings is 3. The maximum absolute atomic E-state index is 12.7. The van der Waals surface area contributed by atoms with Crippen molar-refractivity contribution in [2.24, 2.45) is 0 Å². The first-order valence-corrected chi connectivity index (χ1v) is 20.7. The molecule has 0 saturated carbocycles. The number of nitrogens with one attached hydrogen (secondary N) is 1. The second kappa shape index (κ2) is 23.1. The molecule has 0 aliphatic carbocycles. The Morgan fingerprint density at radius 3 is 2.07 bits per heavy atom. The van der Waals surface area contributed by atoms with Crippen LogP contribution in [-0.2, 0) is 22.6 Å². The van der Waals surface area contributed by atoms with E-state index in [1.807, 2.05) is 24.3 Å². The summed E-state index contributed by atoms with van der Waals surface area (Å²) in [6.07, 6.45) is 19.0. The van der Waals surface area contributed by atoms with Gasteiger partial charge in [-0.25, -0.2) is 0 Å². The molecule has 1 fully saturated rings. The molecule has 1 saturated heterocycles. The van der Waals surface area contributed by atoms with Crippen LogP contribution in [0.1, 0.15) is 142 Å². The van der Waals surface area contributed by atoms with Crippen molar-refractivity contribution in [3.63, 3.8) is 0 Å². The van der Waals surface area contributed by atoms with Gasteiger partial charge in [-0.2, -0.15) is 0 Å². The fraction of sp³-hybridized carbons (Fsp3) is 0.489. The van der Waals surface area contributed by atoms with Gasteiger partial charge in [-0.1, -0.05) is 139 Å². The highest BCUT2D eigenvalue weighted by molar-refractivity contribution is 5.93. The van der Waals surface area contributed by atoms with Crippen LogP contribution in [0.3, 0.4) is 0 Å². The minimum atomic E-state index is -0.516. The van der Waals surface area contributed by atoms with Gasteiger partial charge in [0.15, 0.2) is 6.29 Å². The van der Waals surface area contributed by atoms with E-state index in [4.69, 9.17) is 9.47 Å². The zero-order valence-electron chi connectivity index (χ0n) is 32.8. The molecule has 1 aliphatic rings. The average Bonchev–Trinajstić information content (AvgIpc) is 3.22. The Labute approximate surface area is 324 Å². The van der Waals surface area contributed by atoms with Gasteiger partial charge in [0, 0.05) is 37.5 Å². The normalized spacial score (nSPS) is 17.1. The first kappa shape index (κ1) is 41.3. The summed E-state index contributed by atoms with van der Waals surface area (Å²) in [6.45, 7) is 8.11. The van der Waals surface area contributed by atoms with Crippen molar-refractivity contribution in [1.29, 1.82) is 0 Å². The number of nitrogens with zero attached hydrogens (tertiary/aromatic N) is 2. The average molecular weight is 734 g/mol. The van der Waals surface area contributed by atoms with E-state index in [9.17, 15) is 9.90 Å². The number of carbonyl (C=O) groups excluding carboxylic acids is 1. The van der Waals surface area contributed by atoms with E-state index in [0.29, 0.717) is 12.1 Å². The maximum Gasteiger partial charge on any atom is 0.253 e. The largest absolute Gasteiger partial charge is 0.392 e. The van der Waals surface area contributed by atoms with Gasteiger partial charge in [0.25, 0.3) is 5.91 Å². The summed E-state index contributed by atoms with van der Waals surface area (Å²) in [4.78, 5) is 19.4. The first-order valence-electron chi connectivity index (χ1n) is 20.7. The minimum Gasteiger partial charge on any atom is -0.392 e. The van der Waals surface area contributed by atoms with E-state index >= 15 is 0 Å². The molecule has 7 nitrogen and oxygen atoms in total. The van der Waals surface area contributed by atoms with Crippen LogP contribution < -0.4 is 5.32 Å². The molecule has 1 aliphatic heterocycles. The molecule has 0 radical (unpaired) electrons. The van der Waals surface area contributed by atoms with E-state index in [2.05, 4.69) is 77.6 Å². The Hall–Kier alpha value is -3.88. The number of hydrogen-bond donors (Lipinski definition) is 2. The predicted octanol–water partition coefficient (Wildman–Crippen LogP) is 10.7. The molecule has 0 bridgehead atoms. The molecule has 1 amide bonds. The fourth-order valence-corrected chi connectivity index (χ4v) is 7.35.